The maximum absolute atomic E-state index is 5.80. The Morgan fingerprint density at radius 3 is 1.96 bits per heavy atom. The van der Waals surface area contributed by atoms with Crippen LogP contribution >= 0.6 is 35.5 Å². The summed E-state index contributed by atoms with van der Waals surface area (Å²) in [5, 5.41) is 0.708. The van der Waals surface area contributed by atoms with Gasteiger partial charge in [-0.3, -0.25) is 11.6 Å². The van der Waals surface area contributed by atoms with Crippen LogP contribution in [0.1, 0.15) is 11.1 Å². The molecule has 0 aliphatic carbocycles. The fraction of sp³-hybridized carbons (Fsp3) is 0.200. The molecule has 0 unspecified atom stereocenters. The molecule has 0 bridgehead atoms. The third-order valence-electron chi connectivity index (χ3n) is 3.26. The second-order valence-electron chi connectivity index (χ2n) is 5.10. The van der Waals surface area contributed by atoms with E-state index >= 15 is 0 Å². The third-order valence-corrected chi connectivity index (χ3v) is 4.85. The van der Waals surface area contributed by atoms with Crippen molar-refractivity contribution in [3.8, 4) is 0 Å². The van der Waals surface area contributed by atoms with Gasteiger partial charge in [0.05, 0.1) is 5.69 Å². The van der Waals surface area contributed by atoms with Crippen LogP contribution in [0.15, 0.2) is 53.5 Å². The molecule has 0 fully saturated rings. The second kappa shape index (κ2) is 15.3. The van der Waals surface area contributed by atoms with E-state index < -0.39 is 0 Å². The molecule has 0 radical (unpaired) electrons. The first kappa shape index (κ1) is 26.4. The average Bonchev–Trinajstić information content (AvgIpc) is 2.68. The van der Waals surface area contributed by atoms with Gasteiger partial charge in [0, 0.05) is 11.2 Å². The van der Waals surface area contributed by atoms with Crippen molar-refractivity contribution < 1.29 is 19.5 Å². The fourth-order valence-electron chi connectivity index (χ4n) is 1.77. The van der Waals surface area contributed by atoms with Crippen molar-refractivity contribution in [3.63, 3.8) is 0 Å². The first-order valence-corrected chi connectivity index (χ1v) is 10.6. The number of aliphatic imine (C=N–C) groups is 1. The zero-order valence-electron chi connectivity index (χ0n) is 15.8. The SMILES string of the molecule is CSN(C)[CH-]N(C)SC.[CH-]=Cc1ccccc1C=Nc1ccc(Cl)cc1.[Ru+2]. The molecule has 0 amide bonds. The van der Waals surface area contributed by atoms with Crippen molar-refractivity contribution in [1.82, 2.24) is 8.61 Å². The van der Waals surface area contributed by atoms with Crippen molar-refractivity contribution in [1.29, 1.82) is 0 Å². The maximum atomic E-state index is 5.80. The molecule has 0 atom stereocenters. The van der Waals surface area contributed by atoms with Gasteiger partial charge in [-0.05, 0) is 50.9 Å². The molecule has 146 valence electrons. The number of halogens is 1. The van der Waals surface area contributed by atoms with Gasteiger partial charge in [-0.2, -0.15) is 12.2 Å². The van der Waals surface area contributed by atoms with Crippen molar-refractivity contribution >= 4 is 53.5 Å². The number of hydrogen-bond acceptors (Lipinski definition) is 5. The fourth-order valence-corrected chi connectivity index (χ4v) is 2.43. The molecule has 0 heterocycles. The summed E-state index contributed by atoms with van der Waals surface area (Å²) in [7, 11) is 4.05. The average molecular weight is 507 g/mol. The van der Waals surface area contributed by atoms with Gasteiger partial charge in [0.1, 0.15) is 0 Å². The Balaban J connectivity index is 0.000000584. The smallest absolute Gasteiger partial charge is 0.390 e. The van der Waals surface area contributed by atoms with E-state index in [0.717, 1.165) is 16.8 Å². The molecule has 0 saturated heterocycles. The van der Waals surface area contributed by atoms with Crippen molar-refractivity contribution in [2.24, 2.45) is 4.99 Å². The Labute approximate surface area is 190 Å². The molecule has 2 aromatic rings. The molecule has 0 aliphatic rings. The molecule has 0 aromatic heterocycles. The third kappa shape index (κ3) is 11.1. The van der Waals surface area contributed by atoms with Gasteiger partial charge >= 0.3 is 19.5 Å². The molecule has 2 aromatic carbocycles. The van der Waals surface area contributed by atoms with E-state index in [2.05, 4.69) is 13.6 Å². The Hall–Kier alpha value is -0.617. The van der Waals surface area contributed by atoms with Gasteiger partial charge in [0.15, 0.2) is 0 Å². The molecule has 0 spiro atoms. The Morgan fingerprint density at radius 1 is 0.963 bits per heavy atom. The van der Waals surface area contributed by atoms with Gasteiger partial charge in [0.25, 0.3) is 0 Å². The minimum atomic E-state index is 0. The minimum absolute atomic E-state index is 0. The summed E-state index contributed by atoms with van der Waals surface area (Å²) in [4.78, 5) is 4.37. The first-order chi connectivity index (χ1) is 12.5. The van der Waals surface area contributed by atoms with E-state index in [1.54, 1.807) is 36.2 Å². The number of rotatable bonds is 7. The Morgan fingerprint density at radius 2 is 1.48 bits per heavy atom. The molecular weight excluding hydrogens is 483 g/mol. The molecule has 27 heavy (non-hydrogen) atoms. The number of nitrogens with zero attached hydrogens (tertiary/aromatic N) is 3. The summed E-state index contributed by atoms with van der Waals surface area (Å²) in [6.07, 6.45) is 7.46. The van der Waals surface area contributed by atoms with E-state index in [4.69, 9.17) is 18.2 Å². The molecule has 0 aliphatic heterocycles. The summed E-state index contributed by atoms with van der Waals surface area (Å²) in [6, 6.07) is 15.2. The van der Waals surface area contributed by atoms with Crippen LogP contribution < -0.4 is 0 Å². The van der Waals surface area contributed by atoms with Crippen LogP contribution in [-0.2, 0) is 19.5 Å². The second-order valence-corrected chi connectivity index (χ2v) is 7.42. The summed E-state index contributed by atoms with van der Waals surface area (Å²) in [5.74, 6) is 0. The standard InChI is InChI=1S/C15H11ClN.C5H13N2S2.Ru/c1-2-12-5-3-4-6-13(12)11-17-15-9-7-14(16)8-10-15;1-6(8-3)5-7(2)9-4;/h1-11H;5H,1-4H3;/q2*-1;+2. The monoisotopic (exact) mass is 507 g/mol. The zero-order valence-corrected chi connectivity index (χ0v) is 19.9. The molecule has 3 nitrogen and oxygen atoms in total. The maximum Gasteiger partial charge on any atom is 2.00 e. The van der Waals surface area contributed by atoms with E-state index in [-0.39, 0.29) is 19.5 Å². The van der Waals surface area contributed by atoms with Crippen LogP contribution in [0.25, 0.3) is 6.08 Å². The number of hydrogen-bond donors (Lipinski definition) is 0. The summed E-state index contributed by atoms with van der Waals surface area (Å²) < 4.78 is 4.10. The van der Waals surface area contributed by atoms with Crippen LogP contribution in [0.5, 0.6) is 0 Å². The summed E-state index contributed by atoms with van der Waals surface area (Å²) >= 11 is 9.19. The van der Waals surface area contributed by atoms with Crippen molar-refractivity contribution in [3.05, 3.63) is 77.9 Å². The van der Waals surface area contributed by atoms with Gasteiger partial charge in [-0.25, -0.2) is 6.08 Å². The largest absolute Gasteiger partial charge is 2.00 e. The van der Waals surface area contributed by atoms with Crippen molar-refractivity contribution in [2.45, 2.75) is 0 Å². The quantitative estimate of drug-likeness (QED) is 0.196. The first-order valence-electron chi connectivity index (χ1n) is 7.82. The van der Waals surface area contributed by atoms with Gasteiger partial charge in [-0.15, -0.1) is 30.0 Å². The van der Waals surface area contributed by atoms with Crippen LogP contribution in [0.3, 0.4) is 0 Å². The van der Waals surface area contributed by atoms with E-state index in [1.165, 1.54) is 0 Å². The van der Waals surface area contributed by atoms with Gasteiger partial charge in [0.2, 0.25) is 0 Å². The Kier molecular flexibility index (Phi) is 15.0. The van der Waals surface area contributed by atoms with Crippen LogP contribution in [0.2, 0.25) is 5.02 Å². The van der Waals surface area contributed by atoms with E-state index in [9.17, 15) is 0 Å². The topological polar surface area (TPSA) is 18.8 Å². The number of benzene rings is 2. The van der Waals surface area contributed by atoms with Crippen LogP contribution in [0.4, 0.5) is 5.69 Å². The van der Waals surface area contributed by atoms with Gasteiger partial charge in [-0.1, -0.05) is 35.4 Å². The zero-order chi connectivity index (χ0) is 19.4. The van der Waals surface area contributed by atoms with Crippen molar-refractivity contribution in [2.75, 3.05) is 26.6 Å². The summed E-state index contributed by atoms with van der Waals surface area (Å²) in [5.41, 5.74) is 2.82. The molecule has 2 rings (SSSR count). The molecular formula is C20H24ClN3RuS2. The van der Waals surface area contributed by atoms with E-state index in [0.29, 0.717) is 5.02 Å². The predicted octanol–water partition coefficient (Wildman–Crippen LogP) is 6.06. The molecule has 0 N–H and O–H groups in total. The summed E-state index contributed by atoms with van der Waals surface area (Å²) in [6.45, 7) is 7.57. The van der Waals surface area contributed by atoms with Gasteiger partial charge < -0.3 is 8.61 Å². The normalized spacial score (nSPS) is 10.5. The molecule has 7 heteroatoms. The van der Waals surface area contributed by atoms with Crippen LogP contribution in [0, 0.1) is 13.2 Å². The predicted molar refractivity (Wildman–Crippen MR) is 121 cm³/mol. The Bertz CT molecular complexity index is 688. The van der Waals surface area contributed by atoms with Crippen LogP contribution in [-0.4, -0.2) is 41.4 Å². The van der Waals surface area contributed by atoms with E-state index in [1.807, 2.05) is 81.8 Å². The minimum Gasteiger partial charge on any atom is -0.390 e. The molecule has 0 saturated carbocycles.